The van der Waals surface area contributed by atoms with E-state index in [1.807, 2.05) is 0 Å². The molecule has 0 radical (unpaired) electrons. The fourth-order valence-electron chi connectivity index (χ4n) is 1.21. The number of nitrogen functional groups attached to an aromatic ring is 1. The molecule has 0 bridgehead atoms. The van der Waals surface area contributed by atoms with Crippen molar-refractivity contribution in [2.75, 3.05) is 5.73 Å². The lowest BCUT2D eigenvalue weighted by atomic mass is 10.3. The minimum Gasteiger partial charge on any atom is -0.397 e. The SMILES string of the molecule is Nc1cnccc1Sc1ccc(C(F)(F)F)cn1. The molecular formula is C11H8F3N3S. The average Bonchev–Trinajstić information content (AvgIpc) is 2.32. The topological polar surface area (TPSA) is 51.8 Å². The Labute approximate surface area is 105 Å². The van der Waals surface area contributed by atoms with Crippen LogP contribution in [0.5, 0.6) is 0 Å². The van der Waals surface area contributed by atoms with Crippen LogP contribution in [0.4, 0.5) is 18.9 Å². The smallest absolute Gasteiger partial charge is 0.397 e. The third-order valence-corrected chi connectivity index (χ3v) is 3.13. The number of halogens is 3. The summed E-state index contributed by atoms with van der Waals surface area (Å²) in [6, 6.07) is 3.99. The highest BCUT2D eigenvalue weighted by Gasteiger charge is 2.30. The maximum atomic E-state index is 12.3. The van der Waals surface area contributed by atoms with Gasteiger partial charge in [0.05, 0.1) is 17.4 Å². The number of pyridine rings is 2. The van der Waals surface area contributed by atoms with E-state index in [-0.39, 0.29) is 0 Å². The maximum absolute atomic E-state index is 12.3. The molecule has 0 spiro atoms. The third kappa shape index (κ3) is 2.92. The summed E-state index contributed by atoms with van der Waals surface area (Å²) in [5.74, 6) is 0. The number of hydrogen-bond donors (Lipinski definition) is 1. The van der Waals surface area contributed by atoms with Crippen molar-refractivity contribution in [1.82, 2.24) is 9.97 Å². The fourth-order valence-corrected chi connectivity index (χ4v) is 1.97. The minimum absolute atomic E-state index is 0.445. The quantitative estimate of drug-likeness (QED) is 0.911. The molecule has 2 aromatic heterocycles. The van der Waals surface area contributed by atoms with Crippen molar-refractivity contribution in [1.29, 1.82) is 0 Å². The molecule has 2 rings (SSSR count). The maximum Gasteiger partial charge on any atom is 0.417 e. The summed E-state index contributed by atoms with van der Waals surface area (Å²) >= 11 is 1.19. The van der Waals surface area contributed by atoms with Crippen LogP contribution in [-0.2, 0) is 6.18 Å². The van der Waals surface area contributed by atoms with E-state index < -0.39 is 11.7 Å². The largest absolute Gasteiger partial charge is 0.417 e. The lowest BCUT2D eigenvalue weighted by Crippen LogP contribution is -2.05. The molecule has 0 atom stereocenters. The molecule has 0 aromatic carbocycles. The van der Waals surface area contributed by atoms with Crippen molar-refractivity contribution in [2.24, 2.45) is 0 Å². The van der Waals surface area contributed by atoms with Crippen LogP contribution in [0.2, 0.25) is 0 Å². The molecule has 0 aliphatic heterocycles. The summed E-state index contributed by atoms with van der Waals surface area (Å²) in [5.41, 5.74) is 5.37. The Morgan fingerprint density at radius 3 is 2.44 bits per heavy atom. The first-order valence-electron chi connectivity index (χ1n) is 4.87. The van der Waals surface area contributed by atoms with E-state index in [2.05, 4.69) is 9.97 Å². The number of rotatable bonds is 2. The van der Waals surface area contributed by atoms with E-state index in [0.29, 0.717) is 15.6 Å². The van der Waals surface area contributed by atoms with Gasteiger partial charge in [-0.05, 0) is 18.2 Å². The number of hydrogen-bond acceptors (Lipinski definition) is 4. The second-order valence-corrected chi connectivity index (χ2v) is 4.46. The van der Waals surface area contributed by atoms with Crippen molar-refractivity contribution in [3.8, 4) is 0 Å². The molecule has 94 valence electrons. The van der Waals surface area contributed by atoms with Gasteiger partial charge in [0.25, 0.3) is 0 Å². The summed E-state index contributed by atoms with van der Waals surface area (Å²) in [7, 11) is 0. The van der Waals surface area contributed by atoms with Crippen LogP contribution in [0.1, 0.15) is 5.56 Å². The van der Waals surface area contributed by atoms with Crippen LogP contribution in [-0.4, -0.2) is 9.97 Å². The van der Waals surface area contributed by atoms with Gasteiger partial charge >= 0.3 is 6.18 Å². The van der Waals surface area contributed by atoms with Crippen LogP contribution in [0.15, 0.2) is 46.7 Å². The van der Waals surface area contributed by atoms with E-state index in [4.69, 9.17) is 5.73 Å². The summed E-state index contributed by atoms with van der Waals surface area (Å²) in [5, 5.41) is 0.445. The Balaban J connectivity index is 2.19. The molecule has 3 nitrogen and oxygen atoms in total. The van der Waals surface area contributed by atoms with Crippen molar-refractivity contribution >= 4 is 17.4 Å². The molecule has 2 aromatic rings. The van der Waals surface area contributed by atoms with Crippen molar-refractivity contribution in [3.05, 3.63) is 42.4 Å². The first-order valence-corrected chi connectivity index (χ1v) is 5.69. The van der Waals surface area contributed by atoms with Gasteiger partial charge in [0.15, 0.2) is 0 Å². The number of anilines is 1. The fraction of sp³-hybridized carbons (Fsp3) is 0.0909. The zero-order valence-corrected chi connectivity index (χ0v) is 9.79. The predicted octanol–water partition coefficient (Wildman–Crippen LogP) is 3.23. The lowest BCUT2D eigenvalue weighted by Gasteiger charge is -2.07. The Morgan fingerprint density at radius 2 is 1.89 bits per heavy atom. The second kappa shape index (κ2) is 4.85. The monoisotopic (exact) mass is 271 g/mol. The zero-order valence-electron chi connectivity index (χ0n) is 8.98. The molecule has 2 N–H and O–H groups in total. The van der Waals surface area contributed by atoms with Gasteiger partial charge in [0.2, 0.25) is 0 Å². The molecule has 2 heterocycles. The highest BCUT2D eigenvalue weighted by Crippen LogP contribution is 2.32. The first-order chi connectivity index (χ1) is 8.47. The highest BCUT2D eigenvalue weighted by atomic mass is 32.2. The Morgan fingerprint density at radius 1 is 1.11 bits per heavy atom. The summed E-state index contributed by atoms with van der Waals surface area (Å²) in [6.45, 7) is 0. The van der Waals surface area contributed by atoms with Crippen molar-refractivity contribution in [2.45, 2.75) is 16.1 Å². The molecule has 18 heavy (non-hydrogen) atoms. The number of nitrogens with two attached hydrogens (primary N) is 1. The van der Waals surface area contributed by atoms with E-state index in [1.165, 1.54) is 24.0 Å². The van der Waals surface area contributed by atoms with E-state index >= 15 is 0 Å². The molecule has 7 heteroatoms. The number of aromatic nitrogens is 2. The summed E-state index contributed by atoms with van der Waals surface area (Å²) in [6.07, 6.45) is -0.527. The van der Waals surface area contributed by atoms with E-state index in [1.54, 1.807) is 12.3 Å². The molecule has 0 amide bonds. The molecule has 0 saturated carbocycles. The van der Waals surface area contributed by atoms with E-state index in [9.17, 15) is 13.2 Å². The average molecular weight is 271 g/mol. The summed E-state index contributed by atoms with van der Waals surface area (Å²) < 4.78 is 37.0. The van der Waals surface area contributed by atoms with Crippen molar-refractivity contribution in [3.63, 3.8) is 0 Å². The van der Waals surface area contributed by atoms with Gasteiger partial charge in [-0.2, -0.15) is 13.2 Å². The predicted molar refractivity (Wildman–Crippen MR) is 62.0 cm³/mol. The lowest BCUT2D eigenvalue weighted by molar-refractivity contribution is -0.137. The van der Waals surface area contributed by atoms with Gasteiger partial charge < -0.3 is 5.73 Å². The molecule has 0 aliphatic carbocycles. The molecule has 0 unspecified atom stereocenters. The first kappa shape index (κ1) is 12.7. The van der Waals surface area contributed by atoms with Crippen molar-refractivity contribution < 1.29 is 13.2 Å². The molecule has 0 saturated heterocycles. The van der Waals surface area contributed by atoms with Gasteiger partial charge in [-0.3, -0.25) is 4.98 Å². The Hall–Kier alpha value is -1.76. The normalized spacial score (nSPS) is 11.5. The number of alkyl halides is 3. The third-order valence-electron chi connectivity index (χ3n) is 2.09. The van der Waals surface area contributed by atoms with Gasteiger partial charge in [0.1, 0.15) is 5.03 Å². The standard InChI is InChI=1S/C11H8F3N3S/c12-11(13,14)7-1-2-10(17-5-7)18-9-3-4-16-6-8(9)15/h1-6H,15H2. The molecule has 0 fully saturated rings. The van der Waals surface area contributed by atoms with Crippen LogP contribution >= 0.6 is 11.8 Å². The second-order valence-electron chi connectivity index (χ2n) is 3.40. The van der Waals surface area contributed by atoms with Gasteiger partial charge in [-0.15, -0.1) is 0 Å². The van der Waals surface area contributed by atoms with Gasteiger partial charge in [-0.25, -0.2) is 4.98 Å². The Kier molecular flexibility index (Phi) is 3.42. The van der Waals surface area contributed by atoms with Gasteiger partial charge in [-0.1, -0.05) is 11.8 Å². The van der Waals surface area contributed by atoms with Crippen LogP contribution in [0, 0.1) is 0 Å². The zero-order chi connectivity index (χ0) is 13.2. The van der Waals surface area contributed by atoms with E-state index in [0.717, 1.165) is 12.3 Å². The van der Waals surface area contributed by atoms with Gasteiger partial charge in [0, 0.05) is 17.3 Å². The molecular weight excluding hydrogens is 263 g/mol. The van der Waals surface area contributed by atoms with Crippen LogP contribution in [0.25, 0.3) is 0 Å². The number of nitrogens with zero attached hydrogens (tertiary/aromatic N) is 2. The summed E-state index contributed by atoms with van der Waals surface area (Å²) in [4.78, 5) is 8.28. The molecule has 0 aliphatic rings. The minimum atomic E-state index is -4.37. The Bertz CT molecular complexity index is 540. The van der Waals surface area contributed by atoms with Crippen LogP contribution in [0.3, 0.4) is 0 Å². The van der Waals surface area contributed by atoms with Crippen LogP contribution < -0.4 is 5.73 Å². The highest BCUT2D eigenvalue weighted by molar-refractivity contribution is 7.99.